The quantitative estimate of drug-likeness (QED) is 0.539. The highest BCUT2D eigenvalue weighted by molar-refractivity contribution is 5.97. The van der Waals surface area contributed by atoms with Crippen molar-refractivity contribution in [1.82, 2.24) is 16.0 Å². The van der Waals surface area contributed by atoms with E-state index in [0.29, 0.717) is 17.3 Å². The number of amides is 2. The van der Waals surface area contributed by atoms with Crippen molar-refractivity contribution in [3.05, 3.63) is 76.7 Å². The second-order valence-corrected chi connectivity index (χ2v) is 6.84. The van der Waals surface area contributed by atoms with E-state index in [1.54, 1.807) is 37.3 Å². The smallest absolute Gasteiger partial charge is 0.276 e. The molecule has 0 saturated carbocycles. The van der Waals surface area contributed by atoms with E-state index in [1.807, 2.05) is 32.0 Å². The first kappa shape index (κ1) is 21.9. The van der Waals surface area contributed by atoms with E-state index in [1.165, 1.54) is 0 Å². The summed E-state index contributed by atoms with van der Waals surface area (Å²) in [4.78, 5) is 24.7. The molecule has 1 heterocycles. The second-order valence-electron chi connectivity index (χ2n) is 6.84. The summed E-state index contributed by atoms with van der Waals surface area (Å²) in [6.45, 7) is 5.62. The predicted molar refractivity (Wildman–Crippen MR) is 114 cm³/mol. The van der Waals surface area contributed by atoms with Gasteiger partial charge in [0.25, 0.3) is 11.8 Å². The lowest BCUT2D eigenvalue weighted by Crippen LogP contribution is -2.44. The Bertz CT molecular complexity index is 1040. The number of carbonyl (C=O) groups excluding carboxylic acids is 2. The maximum Gasteiger partial charge on any atom is 0.276 e. The molecule has 162 valence electrons. The van der Waals surface area contributed by atoms with Crippen molar-refractivity contribution in [2.75, 3.05) is 6.61 Å². The van der Waals surface area contributed by atoms with Gasteiger partial charge >= 0.3 is 0 Å². The summed E-state index contributed by atoms with van der Waals surface area (Å²) in [5, 5.41) is 3.89. The van der Waals surface area contributed by atoms with Gasteiger partial charge in [-0.25, -0.2) is 0 Å². The minimum atomic E-state index is -0.503. The Balaban J connectivity index is 1.55. The first-order valence-electron chi connectivity index (χ1n) is 9.93. The Morgan fingerprint density at radius 3 is 2.39 bits per heavy atom. The van der Waals surface area contributed by atoms with Crippen LogP contribution in [-0.2, 0) is 17.8 Å². The Morgan fingerprint density at radius 1 is 0.968 bits per heavy atom. The zero-order valence-electron chi connectivity index (χ0n) is 17.7. The Hall–Kier alpha value is -3.81. The summed E-state index contributed by atoms with van der Waals surface area (Å²) in [5.74, 6) is 0.702. The van der Waals surface area contributed by atoms with E-state index < -0.39 is 11.8 Å². The number of aryl methyl sites for hydroxylation is 3. The van der Waals surface area contributed by atoms with Crippen LogP contribution < -0.4 is 20.3 Å². The number of aromatic nitrogens is 1. The van der Waals surface area contributed by atoms with Gasteiger partial charge < -0.3 is 14.0 Å². The van der Waals surface area contributed by atoms with Crippen LogP contribution in [0.3, 0.4) is 0 Å². The Kier molecular flexibility index (Phi) is 7.26. The van der Waals surface area contributed by atoms with Gasteiger partial charge in [-0.15, -0.1) is 0 Å². The third kappa shape index (κ3) is 5.63. The largest absolute Gasteiger partial charge is 0.488 e. The first-order chi connectivity index (χ1) is 15.0. The third-order valence-electron chi connectivity index (χ3n) is 4.71. The molecule has 3 rings (SSSR count). The van der Waals surface area contributed by atoms with Crippen molar-refractivity contribution in [3.63, 3.8) is 0 Å². The highest BCUT2D eigenvalue weighted by Crippen LogP contribution is 2.21. The fraction of sp³-hybridized carbons (Fsp3) is 0.261. The van der Waals surface area contributed by atoms with E-state index >= 15 is 0 Å². The van der Waals surface area contributed by atoms with E-state index in [2.05, 4.69) is 16.0 Å². The number of hydrazine groups is 1. The van der Waals surface area contributed by atoms with E-state index in [4.69, 9.17) is 14.0 Å². The average Bonchev–Trinajstić information content (AvgIpc) is 3.12. The molecule has 0 radical (unpaired) electrons. The van der Waals surface area contributed by atoms with Crippen LogP contribution in [-0.4, -0.2) is 23.6 Å². The maximum atomic E-state index is 12.6. The molecule has 0 spiro atoms. The van der Waals surface area contributed by atoms with Crippen LogP contribution in [0.1, 0.15) is 39.9 Å². The molecule has 0 atom stereocenters. The highest BCUT2D eigenvalue weighted by atomic mass is 16.5. The van der Waals surface area contributed by atoms with Gasteiger partial charge in [-0.1, -0.05) is 42.4 Å². The molecule has 0 aliphatic rings. The number of benzene rings is 2. The molecule has 0 aliphatic heterocycles. The van der Waals surface area contributed by atoms with Crippen molar-refractivity contribution in [1.29, 1.82) is 0 Å². The van der Waals surface area contributed by atoms with Crippen LogP contribution >= 0.6 is 0 Å². The number of rotatable bonds is 8. The van der Waals surface area contributed by atoms with Crippen LogP contribution in [0.2, 0.25) is 0 Å². The highest BCUT2D eigenvalue weighted by Gasteiger charge is 2.15. The summed E-state index contributed by atoms with van der Waals surface area (Å²) >= 11 is 0. The summed E-state index contributed by atoms with van der Waals surface area (Å²) in [7, 11) is 0. The molecule has 0 aliphatic carbocycles. The Labute approximate surface area is 180 Å². The molecular weight excluding hydrogens is 398 g/mol. The standard InChI is InChI=1S/C23H25N3O5/c1-4-17-9-5-7-11-20(17)30-14-22(27)24-25-23(28)18-10-6-8-12-21(18)29-13-19-15(2)26-31-16(19)3/h5-12H,4,13-14H2,1-3H3,(H,24,27)(H,25,28). The van der Waals surface area contributed by atoms with Crippen LogP contribution in [0.15, 0.2) is 53.1 Å². The summed E-state index contributed by atoms with van der Waals surface area (Å²) in [5.41, 5.74) is 7.60. The van der Waals surface area contributed by atoms with E-state index in [-0.39, 0.29) is 18.8 Å². The summed E-state index contributed by atoms with van der Waals surface area (Å²) in [6, 6.07) is 14.3. The lowest BCUT2D eigenvalue weighted by Gasteiger charge is -2.13. The van der Waals surface area contributed by atoms with Gasteiger partial charge in [-0.2, -0.15) is 0 Å². The molecule has 8 nitrogen and oxygen atoms in total. The predicted octanol–water partition coefficient (Wildman–Crippen LogP) is 3.27. The van der Waals surface area contributed by atoms with Gasteiger partial charge in [0.15, 0.2) is 6.61 Å². The van der Waals surface area contributed by atoms with Gasteiger partial charge in [0.05, 0.1) is 16.8 Å². The summed E-state index contributed by atoms with van der Waals surface area (Å²) in [6.07, 6.45) is 0.791. The zero-order valence-corrected chi connectivity index (χ0v) is 17.7. The lowest BCUT2D eigenvalue weighted by atomic mass is 10.1. The number of nitrogens with zero attached hydrogens (tertiary/aromatic N) is 1. The van der Waals surface area contributed by atoms with E-state index in [9.17, 15) is 9.59 Å². The van der Waals surface area contributed by atoms with Crippen molar-refractivity contribution in [3.8, 4) is 11.5 Å². The molecule has 31 heavy (non-hydrogen) atoms. The molecular formula is C23H25N3O5. The minimum Gasteiger partial charge on any atom is -0.488 e. The average molecular weight is 423 g/mol. The van der Waals surface area contributed by atoms with Crippen LogP contribution in [0.25, 0.3) is 0 Å². The normalized spacial score (nSPS) is 10.4. The van der Waals surface area contributed by atoms with Crippen LogP contribution in [0, 0.1) is 13.8 Å². The third-order valence-corrected chi connectivity index (χ3v) is 4.71. The zero-order chi connectivity index (χ0) is 22.2. The minimum absolute atomic E-state index is 0.211. The lowest BCUT2D eigenvalue weighted by molar-refractivity contribution is -0.123. The van der Waals surface area contributed by atoms with Crippen LogP contribution in [0.4, 0.5) is 0 Å². The number of ether oxygens (including phenoxy) is 2. The second kappa shape index (κ2) is 10.3. The fourth-order valence-corrected chi connectivity index (χ4v) is 2.95. The molecule has 0 fully saturated rings. The maximum absolute atomic E-state index is 12.6. The molecule has 0 unspecified atom stereocenters. The number of para-hydroxylation sites is 2. The molecule has 2 N–H and O–H groups in total. The van der Waals surface area contributed by atoms with Crippen LogP contribution in [0.5, 0.6) is 11.5 Å². The molecule has 2 amide bonds. The molecule has 0 bridgehead atoms. The van der Waals surface area contributed by atoms with Crippen molar-refractivity contribution < 1.29 is 23.6 Å². The van der Waals surface area contributed by atoms with Gasteiger partial charge in [0.2, 0.25) is 0 Å². The van der Waals surface area contributed by atoms with Gasteiger partial charge in [-0.3, -0.25) is 20.4 Å². The number of carbonyl (C=O) groups is 2. The van der Waals surface area contributed by atoms with Gasteiger partial charge in [0.1, 0.15) is 23.9 Å². The van der Waals surface area contributed by atoms with E-state index in [0.717, 1.165) is 23.2 Å². The van der Waals surface area contributed by atoms with Crippen molar-refractivity contribution in [2.24, 2.45) is 0 Å². The Morgan fingerprint density at radius 2 is 1.68 bits per heavy atom. The van der Waals surface area contributed by atoms with Crippen molar-refractivity contribution >= 4 is 11.8 Å². The molecule has 1 aromatic heterocycles. The molecule has 2 aromatic carbocycles. The molecule has 0 saturated heterocycles. The summed E-state index contributed by atoms with van der Waals surface area (Å²) < 4.78 is 16.5. The van der Waals surface area contributed by atoms with Crippen molar-refractivity contribution in [2.45, 2.75) is 33.8 Å². The van der Waals surface area contributed by atoms with Gasteiger partial charge in [0, 0.05) is 0 Å². The fourth-order valence-electron chi connectivity index (χ4n) is 2.95. The first-order valence-corrected chi connectivity index (χ1v) is 9.93. The monoisotopic (exact) mass is 423 g/mol. The van der Waals surface area contributed by atoms with Gasteiger partial charge in [-0.05, 0) is 44.0 Å². The topological polar surface area (TPSA) is 103 Å². The number of hydrogen-bond acceptors (Lipinski definition) is 6. The number of hydrogen-bond donors (Lipinski definition) is 2. The molecule has 8 heteroatoms. The molecule has 3 aromatic rings. The SMILES string of the molecule is CCc1ccccc1OCC(=O)NNC(=O)c1ccccc1OCc1c(C)noc1C. The number of nitrogens with one attached hydrogen (secondary N) is 2.